The maximum Gasteiger partial charge on any atom is 0.255 e. The first-order chi connectivity index (χ1) is 16.0. The van der Waals surface area contributed by atoms with Crippen molar-refractivity contribution in [3.63, 3.8) is 0 Å². The smallest absolute Gasteiger partial charge is 0.255 e. The van der Waals surface area contributed by atoms with Crippen molar-refractivity contribution in [1.29, 1.82) is 0 Å². The molecule has 1 aromatic carbocycles. The van der Waals surface area contributed by atoms with E-state index in [0.29, 0.717) is 30.6 Å². The van der Waals surface area contributed by atoms with Crippen LogP contribution in [-0.4, -0.2) is 43.2 Å². The molecule has 0 bridgehead atoms. The maximum absolute atomic E-state index is 13.8. The van der Waals surface area contributed by atoms with E-state index in [1.165, 1.54) is 24.4 Å². The zero-order chi connectivity index (χ0) is 22.9. The van der Waals surface area contributed by atoms with Crippen molar-refractivity contribution in [2.45, 2.75) is 12.3 Å². The predicted molar refractivity (Wildman–Crippen MR) is 121 cm³/mol. The highest BCUT2D eigenvalue weighted by molar-refractivity contribution is 5.87. The van der Waals surface area contributed by atoms with Crippen molar-refractivity contribution in [1.82, 2.24) is 24.3 Å². The molecule has 0 aliphatic carbocycles. The number of hydrogen-bond donors (Lipinski definition) is 1. The number of likely N-dealkylation sites (tertiary alicyclic amines) is 1. The summed E-state index contributed by atoms with van der Waals surface area (Å²) in [5.41, 5.74) is 8.73. The number of carbonyl (C=O) groups is 1. The van der Waals surface area contributed by atoms with E-state index in [-0.39, 0.29) is 17.7 Å². The van der Waals surface area contributed by atoms with Crippen LogP contribution in [0, 0.1) is 5.82 Å². The number of nitrogens with two attached hydrogens (primary N) is 1. The van der Waals surface area contributed by atoms with Crippen LogP contribution in [0.25, 0.3) is 16.9 Å². The molecule has 4 aromatic rings. The van der Waals surface area contributed by atoms with E-state index in [4.69, 9.17) is 15.5 Å². The number of carbonyl (C=O) groups excluding carboxylic acids is 1. The number of fused-ring (bicyclic) bond motifs is 1. The Balaban J connectivity index is 1.49. The van der Waals surface area contributed by atoms with Gasteiger partial charge in [-0.3, -0.25) is 9.20 Å². The number of halogens is 1. The monoisotopic (exact) mass is 444 g/mol. The van der Waals surface area contributed by atoms with Crippen LogP contribution >= 0.6 is 0 Å². The van der Waals surface area contributed by atoms with Gasteiger partial charge in [0, 0.05) is 37.0 Å². The van der Waals surface area contributed by atoms with Crippen LogP contribution in [0.2, 0.25) is 0 Å². The summed E-state index contributed by atoms with van der Waals surface area (Å²) in [4.78, 5) is 26.8. The molecule has 1 aliphatic rings. The Labute approximate surface area is 189 Å². The second kappa shape index (κ2) is 8.34. The largest absolute Gasteiger partial charge is 0.436 e. The molecule has 8 nitrogen and oxygen atoms in total. The molecule has 2 N–H and O–H groups in total. The molecule has 1 amide bonds. The predicted octanol–water partition coefficient (Wildman–Crippen LogP) is 3.81. The summed E-state index contributed by atoms with van der Waals surface area (Å²) in [6.07, 6.45) is 5.25. The van der Waals surface area contributed by atoms with Gasteiger partial charge in [0.05, 0.1) is 11.2 Å². The Morgan fingerprint density at radius 2 is 2.00 bits per heavy atom. The van der Waals surface area contributed by atoms with Gasteiger partial charge in [-0.25, -0.2) is 19.3 Å². The molecule has 1 fully saturated rings. The second-order valence-corrected chi connectivity index (χ2v) is 7.74. The molecule has 3 aromatic heterocycles. The van der Waals surface area contributed by atoms with Crippen LogP contribution in [0.3, 0.4) is 0 Å². The number of anilines is 1. The first kappa shape index (κ1) is 20.6. The van der Waals surface area contributed by atoms with Gasteiger partial charge in [-0.15, -0.1) is 0 Å². The highest BCUT2D eigenvalue weighted by atomic mass is 19.1. The van der Waals surface area contributed by atoms with Gasteiger partial charge in [0.25, 0.3) is 5.88 Å². The number of amides is 1. The topological polar surface area (TPSA) is 98.6 Å². The molecule has 4 heterocycles. The number of nitrogens with zero attached hydrogens (tertiary/aromatic N) is 5. The molecule has 9 heteroatoms. The average Bonchev–Trinajstić information content (AvgIpc) is 3.47. The fraction of sp³-hybridized carbons (Fsp3) is 0.167. The summed E-state index contributed by atoms with van der Waals surface area (Å²) in [6, 6.07) is 11.8. The number of nitrogen functional groups attached to an aromatic ring is 1. The number of aromatic nitrogens is 4. The molecule has 5 rings (SSSR count). The normalized spacial score (nSPS) is 15.7. The molecule has 1 aliphatic heterocycles. The Morgan fingerprint density at radius 3 is 2.76 bits per heavy atom. The van der Waals surface area contributed by atoms with Gasteiger partial charge in [0.1, 0.15) is 11.6 Å². The molecule has 0 radical (unpaired) electrons. The zero-order valence-electron chi connectivity index (χ0n) is 17.7. The van der Waals surface area contributed by atoms with Crippen LogP contribution < -0.4 is 10.5 Å². The first-order valence-electron chi connectivity index (χ1n) is 10.5. The number of hydrogen-bond acceptors (Lipinski definition) is 6. The minimum atomic E-state index is -0.537. The molecule has 1 unspecified atom stereocenters. The third-order valence-corrected chi connectivity index (χ3v) is 5.72. The van der Waals surface area contributed by atoms with Crippen molar-refractivity contribution >= 4 is 17.4 Å². The summed E-state index contributed by atoms with van der Waals surface area (Å²) >= 11 is 0. The molecular formula is C24H21FN6O2. The number of imidazole rings is 1. The lowest BCUT2D eigenvalue weighted by Gasteiger charge is -2.13. The minimum absolute atomic E-state index is 0.0780. The Bertz CT molecular complexity index is 1350. The van der Waals surface area contributed by atoms with Crippen LogP contribution in [-0.2, 0) is 4.79 Å². The van der Waals surface area contributed by atoms with Gasteiger partial charge in [0.15, 0.2) is 5.82 Å². The zero-order valence-corrected chi connectivity index (χ0v) is 17.7. The number of benzene rings is 1. The van der Waals surface area contributed by atoms with Crippen molar-refractivity contribution in [3.05, 3.63) is 79.0 Å². The Kier molecular flexibility index (Phi) is 5.21. The summed E-state index contributed by atoms with van der Waals surface area (Å²) in [7, 11) is 0. The van der Waals surface area contributed by atoms with Gasteiger partial charge in [0.2, 0.25) is 11.9 Å². The summed E-state index contributed by atoms with van der Waals surface area (Å²) < 4.78 is 21.2. The van der Waals surface area contributed by atoms with Gasteiger partial charge in [-0.05, 0) is 55.0 Å². The van der Waals surface area contributed by atoms with Gasteiger partial charge in [-0.1, -0.05) is 6.58 Å². The standard InChI is InChI=1S/C24H21FN6O2/c1-2-20(32)30-13-10-16(14-30)21-19-9-12-28-24(26)31(19)22(29-21)15-5-7-17(8-6-15)33-23-18(25)4-3-11-27-23/h2-9,11-12,16H,1,10,13-14H2,(H2,26,28). The molecule has 0 spiro atoms. The lowest BCUT2D eigenvalue weighted by atomic mass is 10.0. The van der Waals surface area contributed by atoms with Crippen molar-refractivity contribution in [2.24, 2.45) is 0 Å². The first-order valence-corrected chi connectivity index (χ1v) is 10.5. The van der Waals surface area contributed by atoms with Gasteiger partial charge < -0.3 is 15.4 Å². The van der Waals surface area contributed by atoms with Gasteiger partial charge >= 0.3 is 0 Å². The van der Waals surface area contributed by atoms with E-state index in [0.717, 1.165) is 23.2 Å². The fourth-order valence-corrected chi connectivity index (χ4v) is 4.12. The molecule has 0 saturated carbocycles. The lowest BCUT2D eigenvalue weighted by molar-refractivity contribution is -0.125. The summed E-state index contributed by atoms with van der Waals surface area (Å²) in [5, 5.41) is 0. The van der Waals surface area contributed by atoms with Crippen LogP contribution in [0.5, 0.6) is 11.6 Å². The average molecular weight is 444 g/mol. The van der Waals surface area contributed by atoms with E-state index < -0.39 is 5.82 Å². The van der Waals surface area contributed by atoms with Crippen molar-refractivity contribution in [3.8, 4) is 23.0 Å². The van der Waals surface area contributed by atoms with Crippen molar-refractivity contribution in [2.75, 3.05) is 18.8 Å². The number of pyridine rings is 1. The van der Waals surface area contributed by atoms with E-state index in [1.54, 1.807) is 23.2 Å². The SMILES string of the molecule is C=CC(=O)N1CCC(c2nc(-c3ccc(Oc4ncccc4F)cc3)n3c(N)nccc23)C1. The molecule has 1 atom stereocenters. The third kappa shape index (κ3) is 3.78. The molecule has 166 valence electrons. The minimum Gasteiger partial charge on any atom is -0.436 e. The molecule has 1 saturated heterocycles. The summed E-state index contributed by atoms with van der Waals surface area (Å²) in [6.45, 7) is 4.80. The number of rotatable bonds is 5. The van der Waals surface area contributed by atoms with Crippen LogP contribution in [0.4, 0.5) is 10.3 Å². The van der Waals surface area contributed by atoms with E-state index in [2.05, 4.69) is 16.5 Å². The second-order valence-electron chi connectivity index (χ2n) is 7.74. The number of ether oxygens (including phenoxy) is 1. The van der Waals surface area contributed by atoms with E-state index in [9.17, 15) is 9.18 Å². The van der Waals surface area contributed by atoms with Crippen LogP contribution in [0.15, 0.2) is 67.5 Å². The molecule has 33 heavy (non-hydrogen) atoms. The summed E-state index contributed by atoms with van der Waals surface area (Å²) in [5.74, 6) is 0.759. The highest BCUT2D eigenvalue weighted by Crippen LogP contribution is 2.34. The Morgan fingerprint density at radius 1 is 1.18 bits per heavy atom. The van der Waals surface area contributed by atoms with E-state index in [1.807, 2.05) is 22.6 Å². The third-order valence-electron chi connectivity index (χ3n) is 5.72. The van der Waals surface area contributed by atoms with Crippen LogP contribution in [0.1, 0.15) is 18.0 Å². The van der Waals surface area contributed by atoms with E-state index >= 15 is 0 Å². The fourth-order valence-electron chi connectivity index (χ4n) is 4.12. The lowest BCUT2D eigenvalue weighted by Crippen LogP contribution is -2.26. The van der Waals surface area contributed by atoms with Crippen molar-refractivity contribution < 1.29 is 13.9 Å². The Hall–Kier alpha value is -4.27. The highest BCUT2D eigenvalue weighted by Gasteiger charge is 2.30. The maximum atomic E-state index is 13.8. The quantitative estimate of drug-likeness (QED) is 0.470. The molecular weight excluding hydrogens is 423 g/mol. The van der Waals surface area contributed by atoms with Gasteiger partial charge in [-0.2, -0.15) is 0 Å².